The number of rotatable bonds is 8. The van der Waals surface area contributed by atoms with Crippen molar-refractivity contribution >= 4 is 21.8 Å². The van der Waals surface area contributed by atoms with Crippen molar-refractivity contribution in [3.8, 4) is 90.7 Å². The molecule has 0 aliphatic carbocycles. The van der Waals surface area contributed by atoms with Crippen molar-refractivity contribution in [1.82, 2.24) is 24.5 Å². The zero-order chi connectivity index (χ0) is 48.9. The number of benzene rings is 8. The molecule has 0 fully saturated rings. The second kappa shape index (κ2) is 17.7. The zero-order valence-corrected chi connectivity index (χ0v) is 37.1. The molecule has 11 rings (SSSR count). The van der Waals surface area contributed by atoms with Crippen molar-refractivity contribution in [2.24, 2.45) is 0 Å². The van der Waals surface area contributed by atoms with Gasteiger partial charge in [-0.05, 0) is 59.7 Å². The molecule has 8 aromatic carbocycles. The molecule has 11 aromatic rings. The third-order valence-corrected chi connectivity index (χ3v) is 12.3. The molecule has 0 aliphatic rings. The van der Waals surface area contributed by atoms with Crippen molar-refractivity contribution < 1.29 is 26.3 Å². The Kier molecular flexibility index (Phi) is 11.0. The molecule has 0 amide bonds. The van der Waals surface area contributed by atoms with Crippen LogP contribution in [0.5, 0.6) is 0 Å². The molecule has 342 valence electrons. The Hall–Kier alpha value is -9.21. The summed E-state index contributed by atoms with van der Waals surface area (Å²) in [6.07, 6.45) is -10.2. The van der Waals surface area contributed by atoms with Crippen LogP contribution in [0.4, 0.5) is 26.3 Å². The lowest BCUT2D eigenvalue weighted by atomic mass is 9.95. The monoisotopic (exact) mass is 940 g/mol. The number of nitriles is 1. The summed E-state index contributed by atoms with van der Waals surface area (Å²) in [5.41, 5.74) is 4.50. The topological polar surface area (TPSA) is 80.3 Å². The van der Waals surface area contributed by atoms with Gasteiger partial charge in [0.25, 0.3) is 0 Å². The van der Waals surface area contributed by atoms with E-state index in [9.17, 15) is 31.6 Å². The number of para-hydroxylation sites is 1. The van der Waals surface area contributed by atoms with Gasteiger partial charge in [-0.3, -0.25) is 0 Å². The van der Waals surface area contributed by atoms with E-state index < -0.39 is 29.0 Å². The third kappa shape index (κ3) is 8.44. The smallest absolute Gasteiger partial charge is 0.308 e. The standard InChI is InChI=1S/C59H34F6N6/c60-58(61,62)42-26-28-43(48(32-42)59(63,64)65)41-25-27-45-44-23-13-14-24-53(44)71(54(45)31-41)55-46(56-67-49(37-15-5-1-6-16-37)33-50(68-56)38-17-7-2-8-18-38)29-36(35-66)30-47(55)57-69-51(39-19-9-3-10-20-39)34-52(70-57)40-21-11-4-12-22-40/h1-34H. The minimum Gasteiger partial charge on any atom is -0.308 e. The Morgan fingerprint density at radius 2 is 0.817 bits per heavy atom. The van der Waals surface area contributed by atoms with E-state index in [1.54, 1.807) is 24.3 Å². The number of halogens is 6. The molecule has 6 nitrogen and oxygen atoms in total. The predicted octanol–water partition coefficient (Wildman–Crippen LogP) is 15.9. The lowest BCUT2D eigenvalue weighted by molar-refractivity contribution is -0.142. The fourth-order valence-corrected chi connectivity index (χ4v) is 9.03. The Bertz CT molecular complexity index is 3580. The molecule has 71 heavy (non-hydrogen) atoms. The van der Waals surface area contributed by atoms with E-state index in [1.807, 2.05) is 162 Å². The van der Waals surface area contributed by atoms with Crippen LogP contribution in [0.2, 0.25) is 0 Å². The summed E-state index contributed by atoms with van der Waals surface area (Å²) >= 11 is 0. The SMILES string of the molecule is N#Cc1cc(-c2nc(-c3ccccc3)cc(-c3ccccc3)n2)c(-n2c3ccccc3c3ccc(-c4ccc(C(F)(F)F)cc4C(F)(F)F)cc32)c(-c2nc(-c3ccccc3)cc(-c3ccccc3)n2)c1. The first-order valence-corrected chi connectivity index (χ1v) is 22.3. The normalized spacial score (nSPS) is 11.8. The molecule has 0 saturated heterocycles. The van der Waals surface area contributed by atoms with Gasteiger partial charge in [0.15, 0.2) is 11.6 Å². The van der Waals surface area contributed by atoms with Gasteiger partial charge >= 0.3 is 12.4 Å². The molecule has 0 spiro atoms. The Balaban J connectivity index is 1.29. The van der Waals surface area contributed by atoms with Gasteiger partial charge in [-0.2, -0.15) is 31.6 Å². The van der Waals surface area contributed by atoms with Crippen molar-refractivity contribution in [1.29, 1.82) is 5.26 Å². The lowest BCUT2D eigenvalue weighted by Crippen LogP contribution is -2.12. The van der Waals surface area contributed by atoms with Gasteiger partial charge in [0.2, 0.25) is 0 Å². The van der Waals surface area contributed by atoms with Gasteiger partial charge in [-0.25, -0.2) is 19.9 Å². The molecule has 0 saturated carbocycles. The van der Waals surface area contributed by atoms with E-state index in [0.29, 0.717) is 67.5 Å². The van der Waals surface area contributed by atoms with Crippen molar-refractivity contribution in [3.63, 3.8) is 0 Å². The third-order valence-electron chi connectivity index (χ3n) is 12.3. The Morgan fingerprint density at radius 1 is 0.380 bits per heavy atom. The fourth-order valence-electron chi connectivity index (χ4n) is 9.03. The highest BCUT2D eigenvalue weighted by atomic mass is 19.4. The highest BCUT2D eigenvalue weighted by Crippen LogP contribution is 2.46. The molecular weight excluding hydrogens is 907 g/mol. The number of hydrogen-bond acceptors (Lipinski definition) is 5. The summed E-state index contributed by atoms with van der Waals surface area (Å²) < 4.78 is 88.3. The van der Waals surface area contributed by atoms with Gasteiger partial charge in [-0.1, -0.05) is 158 Å². The van der Waals surface area contributed by atoms with Crippen molar-refractivity contribution in [2.45, 2.75) is 12.4 Å². The van der Waals surface area contributed by atoms with Crippen LogP contribution in [0.3, 0.4) is 0 Å². The molecule has 0 atom stereocenters. The molecule has 3 heterocycles. The molecular formula is C59H34F6N6. The molecule has 0 unspecified atom stereocenters. The van der Waals surface area contributed by atoms with Crippen LogP contribution >= 0.6 is 0 Å². The maximum Gasteiger partial charge on any atom is 0.417 e. The molecule has 0 N–H and O–H groups in total. The molecule has 0 aliphatic heterocycles. The second-order valence-corrected chi connectivity index (χ2v) is 16.8. The van der Waals surface area contributed by atoms with Crippen molar-refractivity contribution in [2.75, 3.05) is 0 Å². The van der Waals surface area contributed by atoms with Crippen LogP contribution in [-0.2, 0) is 12.4 Å². The minimum absolute atomic E-state index is 0.0155. The molecule has 0 bridgehead atoms. The summed E-state index contributed by atoms with van der Waals surface area (Å²) in [4.78, 5) is 20.8. The summed E-state index contributed by atoms with van der Waals surface area (Å²) in [5.74, 6) is 0.426. The molecule has 3 aromatic heterocycles. The molecule has 12 heteroatoms. The number of aromatic nitrogens is 5. The Labute approximate surface area is 402 Å². The van der Waals surface area contributed by atoms with Gasteiger partial charge < -0.3 is 4.57 Å². The van der Waals surface area contributed by atoms with E-state index >= 15 is 0 Å². The summed E-state index contributed by atoms with van der Waals surface area (Å²) in [7, 11) is 0. The van der Waals surface area contributed by atoms with E-state index in [1.165, 1.54) is 6.07 Å². The molecule has 0 radical (unpaired) electrons. The van der Waals surface area contributed by atoms with Crippen LogP contribution in [0.1, 0.15) is 16.7 Å². The van der Waals surface area contributed by atoms with E-state index in [0.717, 1.165) is 28.3 Å². The van der Waals surface area contributed by atoms with Crippen LogP contribution in [0, 0.1) is 11.3 Å². The Morgan fingerprint density at radius 3 is 1.25 bits per heavy atom. The van der Waals surface area contributed by atoms with E-state index in [4.69, 9.17) is 19.9 Å². The first-order valence-electron chi connectivity index (χ1n) is 22.3. The van der Waals surface area contributed by atoms with Crippen LogP contribution in [0.25, 0.3) is 106 Å². The van der Waals surface area contributed by atoms with Crippen LogP contribution < -0.4 is 0 Å². The predicted molar refractivity (Wildman–Crippen MR) is 265 cm³/mol. The second-order valence-electron chi connectivity index (χ2n) is 16.8. The largest absolute Gasteiger partial charge is 0.417 e. The highest BCUT2D eigenvalue weighted by Gasteiger charge is 2.38. The van der Waals surface area contributed by atoms with Gasteiger partial charge in [0, 0.05) is 44.2 Å². The fraction of sp³-hybridized carbons (Fsp3) is 0.0339. The number of nitrogens with zero attached hydrogens (tertiary/aromatic N) is 6. The van der Waals surface area contributed by atoms with Gasteiger partial charge in [-0.15, -0.1) is 0 Å². The number of hydrogen-bond donors (Lipinski definition) is 0. The minimum atomic E-state index is -5.14. The van der Waals surface area contributed by atoms with Crippen molar-refractivity contribution in [3.05, 3.63) is 223 Å². The summed E-state index contributed by atoms with van der Waals surface area (Å²) in [6.45, 7) is 0. The number of fused-ring (bicyclic) bond motifs is 3. The van der Waals surface area contributed by atoms with E-state index in [2.05, 4.69) is 6.07 Å². The first kappa shape index (κ1) is 44.3. The summed E-state index contributed by atoms with van der Waals surface area (Å²) in [6, 6.07) is 61.5. The van der Waals surface area contributed by atoms with Gasteiger partial charge in [0.05, 0.1) is 62.3 Å². The highest BCUT2D eigenvalue weighted by molar-refractivity contribution is 6.11. The average molecular weight is 941 g/mol. The van der Waals surface area contributed by atoms with Crippen LogP contribution in [-0.4, -0.2) is 24.5 Å². The summed E-state index contributed by atoms with van der Waals surface area (Å²) in [5, 5.41) is 12.2. The van der Waals surface area contributed by atoms with E-state index in [-0.39, 0.29) is 28.8 Å². The average Bonchev–Trinajstić information content (AvgIpc) is 3.73. The van der Waals surface area contributed by atoms with Crippen LogP contribution in [0.15, 0.2) is 206 Å². The maximum atomic E-state index is 14.9. The number of alkyl halides is 6. The zero-order valence-electron chi connectivity index (χ0n) is 37.1. The first-order chi connectivity index (χ1) is 34.4. The maximum absolute atomic E-state index is 14.9. The quantitative estimate of drug-likeness (QED) is 0.142. The lowest BCUT2D eigenvalue weighted by Gasteiger charge is -2.20. The van der Waals surface area contributed by atoms with Gasteiger partial charge in [0.1, 0.15) is 0 Å².